The van der Waals surface area contributed by atoms with Crippen molar-refractivity contribution < 1.29 is 8.42 Å². The first kappa shape index (κ1) is 13.9. The smallest absolute Gasteiger partial charge is 0.151 e. The lowest BCUT2D eigenvalue weighted by atomic mass is 9.69. The van der Waals surface area contributed by atoms with Gasteiger partial charge >= 0.3 is 0 Å². The fourth-order valence-corrected chi connectivity index (χ4v) is 6.16. The highest BCUT2D eigenvalue weighted by Gasteiger charge is 2.34. The minimum absolute atomic E-state index is 0.226. The normalized spacial score (nSPS) is 42.5. The summed E-state index contributed by atoms with van der Waals surface area (Å²) in [5.41, 5.74) is 0. The highest BCUT2D eigenvalue weighted by molar-refractivity contribution is 7.91. The summed E-state index contributed by atoms with van der Waals surface area (Å²) in [6, 6.07) is 0.807. The van der Waals surface area contributed by atoms with Gasteiger partial charge in [0, 0.05) is 12.1 Å². The van der Waals surface area contributed by atoms with Crippen molar-refractivity contribution in [2.24, 2.45) is 11.8 Å². The SMILES string of the molecule is O=S1(=O)CCCC(NC2CCC3CCCCC3C2)C1. The van der Waals surface area contributed by atoms with E-state index in [1.807, 2.05) is 0 Å². The van der Waals surface area contributed by atoms with E-state index in [-0.39, 0.29) is 6.04 Å². The van der Waals surface area contributed by atoms with Crippen LogP contribution in [-0.4, -0.2) is 32.0 Å². The highest BCUT2D eigenvalue weighted by atomic mass is 32.2. The number of sulfone groups is 1. The Morgan fingerprint density at radius 1 is 0.789 bits per heavy atom. The molecule has 4 unspecified atom stereocenters. The maximum atomic E-state index is 11.7. The van der Waals surface area contributed by atoms with Gasteiger partial charge in [0.15, 0.2) is 9.84 Å². The molecule has 0 aromatic carbocycles. The summed E-state index contributed by atoms with van der Waals surface area (Å²) in [6.07, 6.45) is 11.5. The van der Waals surface area contributed by atoms with Crippen molar-refractivity contribution in [3.8, 4) is 0 Å². The highest BCUT2D eigenvalue weighted by Crippen LogP contribution is 2.40. The van der Waals surface area contributed by atoms with E-state index in [1.165, 1.54) is 44.9 Å². The van der Waals surface area contributed by atoms with Crippen molar-refractivity contribution in [3.05, 3.63) is 0 Å². The molecule has 0 amide bonds. The lowest BCUT2D eigenvalue weighted by Gasteiger charge is -2.41. The zero-order chi connectivity index (χ0) is 13.3. The molecule has 19 heavy (non-hydrogen) atoms. The molecule has 3 nitrogen and oxygen atoms in total. The van der Waals surface area contributed by atoms with Crippen LogP contribution in [0.15, 0.2) is 0 Å². The first-order valence-electron chi connectivity index (χ1n) is 8.09. The zero-order valence-corrected chi connectivity index (χ0v) is 12.6. The molecule has 2 aliphatic carbocycles. The van der Waals surface area contributed by atoms with Crippen LogP contribution in [-0.2, 0) is 9.84 Å². The molecule has 0 aromatic heterocycles. The van der Waals surface area contributed by atoms with E-state index < -0.39 is 9.84 Å². The summed E-state index contributed by atoms with van der Waals surface area (Å²) in [6.45, 7) is 0. The third kappa shape index (κ3) is 3.52. The third-order valence-electron chi connectivity index (χ3n) is 5.47. The predicted molar refractivity (Wildman–Crippen MR) is 77.9 cm³/mol. The fourth-order valence-electron chi connectivity index (χ4n) is 4.51. The minimum Gasteiger partial charge on any atom is -0.310 e. The largest absolute Gasteiger partial charge is 0.310 e. The van der Waals surface area contributed by atoms with Gasteiger partial charge < -0.3 is 5.32 Å². The molecule has 110 valence electrons. The van der Waals surface area contributed by atoms with Crippen molar-refractivity contribution >= 4 is 9.84 Å². The van der Waals surface area contributed by atoms with Gasteiger partial charge in [-0.15, -0.1) is 0 Å². The molecule has 3 aliphatic rings. The monoisotopic (exact) mass is 285 g/mol. The number of hydrogen-bond acceptors (Lipinski definition) is 3. The summed E-state index contributed by atoms with van der Waals surface area (Å²) in [5.74, 6) is 2.67. The second-order valence-electron chi connectivity index (χ2n) is 6.93. The van der Waals surface area contributed by atoms with Gasteiger partial charge in [-0.25, -0.2) is 8.42 Å². The van der Waals surface area contributed by atoms with Crippen molar-refractivity contribution in [3.63, 3.8) is 0 Å². The number of rotatable bonds is 2. The molecule has 1 N–H and O–H groups in total. The van der Waals surface area contributed by atoms with Gasteiger partial charge in [0.2, 0.25) is 0 Å². The van der Waals surface area contributed by atoms with Gasteiger partial charge in [-0.1, -0.05) is 25.7 Å². The number of nitrogens with one attached hydrogen (secondary N) is 1. The molecule has 0 bridgehead atoms. The second-order valence-corrected chi connectivity index (χ2v) is 9.16. The topological polar surface area (TPSA) is 46.2 Å². The Morgan fingerprint density at radius 2 is 1.58 bits per heavy atom. The maximum absolute atomic E-state index is 11.7. The zero-order valence-electron chi connectivity index (χ0n) is 11.8. The Labute approximate surface area is 117 Å². The first-order chi connectivity index (χ1) is 9.12. The van der Waals surface area contributed by atoms with Gasteiger partial charge in [0.1, 0.15) is 0 Å². The summed E-state index contributed by atoms with van der Waals surface area (Å²) in [7, 11) is -2.77. The van der Waals surface area contributed by atoms with Crippen LogP contribution >= 0.6 is 0 Å². The van der Waals surface area contributed by atoms with Crippen LogP contribution in [0.1, 0.15) is 57.8 Å². The van der Waals surface area contributed by atoms with E-state index in [0.717, 1.165) is 24.7 Å². The maximum Gasteiger partial charge on any atom is 0.151 e. The van der Waals surface area contributed by atoms with Crippen LogP contribution in [0.2, 0.25) is 0 Å². The first-order valence-corrected chi connectivity index (χ1v) is 9.91. The Hall–Kier alpha value is -0.0900. The van der Waals surface area contributed by atoms with Crippen molar-refractivity contribution in [2.75, 3.05) is 11.5 Å². The molecule has 0 aromatic rings. The Bertz CT molecular complexity index is 406. The van der Waals surface area contributed by atoms with E-state index in [4.69, 9.17) is 0 Å². The van der Waals surface area contributed by atoms with Crippen LogP contribution in [0, 0.1) is 11.8 Å². The van der Waals surface area contributed by atoms with Crippen molar-refractivity contribution in [2.45, 2.75) is 69.9 Å². The van der Waals surface area contributed by atoms with Crippen LogP contribution in [0.3, 0.4) is 0 Å². The van der Waals surface area contributed by atoms with Gasteiger partial charge in [0.25, 0.3) is 0 Å². The molecule has 0 spiro atoms. The molecular weight excluding hydrogens is 258 g/mol. The molecule has 3 fully saturated rings. The van der Waals surface area contributed by atoms with Gasteiger partial charge in [-0.05, 0) is 43.9 Å². The average molecular weight is 285 g/mol. The van der Waals surface area contributed by atoms with Crippen LogP contribution in [0.4, 0.5) is 0 Å². The molecule has 4 heteroatoms. The van der Waals surface area contributed by atoms with Crippen molar-refractivity contribution in [1.82, 2.24) is 5.32 Å². The minimum atomic E-state index is -2.77. The number of hydrogen-bond donors (Lipinski definition) is 1. The van der Waals surface area contributed by atoms with Crippen LogP contribution < -0.4 is 5.32 Å². The Morgan fingerprint density at radius 3 is 2.37 bits per heavy atom. The third-order valence-corrected chi connectivity index (χ3v) is 7.30. The molecule has 4 atom stereocenters. The van der Waals surface area contributed by atoms with Crippen LogP contribution in [0.25, 0.3) is 0 Å². The molecular formula is C15H27NO2S. The molecule has 0 radical (unpaired) electrons. The van der Waals surface area contributed by atoms with E-state index >= 15 is 0 Å². The second kappa shape index (κ2) is 5.72. The summed E-state index contributed by atoms with van der Waals surface area (Å²) >= 11 is 0. The standard InChI is InChI=1S/C15H27NO2S/c17-19(18)9-3-6-15(11-19)16-14-8-7-12-4-1-2-5-13(12)10-14/h12-16H,1-11H2. The fraction of sp³-hybridized carbons (Fsp3) is 1.00. The number of fused-ring (bicyclic) bond motifs is 1. The lowest BCUT2D eigenvalue weighted by Crippen LogP contribution is -2.48. The molecule has 2 saturated carbocycles. The molecule has 1 aliphatic heterocycles. The van der Waals surface area contributed by atoms with Gasteiger partial charge in [0.05, 0.1) is 11.5 Å². The van der Waals surface area contributed by atoms with E-state index in [1.54, 1.807) is 0 Å². The lowest BCUT2D eigenvalue weighted by molar-refractivity contribution is 0.138. The summed E-state index contributed by atoms with van der Waals surface area (Å²) < 4.78 is 23.4. The molecule has 3 rings (SSSR count). The molecule has 1 saturated heterocycles. The van der Waals surface area contributed by atoms with E-state index in [2.05, 4.69) is 5.32 Å². The predicted octanol–water partition coefficient (Wildman–Crippen LogP) is 2.51. The van der Waals surface area contributed by atoms with Crippen molar-refractivity contribution in [1.29, 1.82) is 0 Å². The average Bonchev–Trinajstić information content (AvgIpc) is 2.37. The van der Waals surface area contributed by atoms with Gasteiger partial charge in [-0.3, -0.25) is 0 Å². The summed E-state index contributed by atoms with van der Waals surface area (Å²) in [5, 5.41) is 3.67. The summed E-state index contributed by atoms with van der Waals surface area (Å²) in [4.78, 5) is 0. The Balaban J connectivity index is 1.53. The van der Waals surface area contributed by atoms with Gasteiger partial charge in [-0.2, -0.15) is 0 Å². The Kier molecular flexibility index (Phi) is 4.18. The molecule has 1 heterocycles. The van der Waals surface area contributed by atoms with E-state index in [9.17, 15) is 8.42 Å². The quantitative estimate of drug-likeness (QED) is 0.848. The van der Waals surface area contributed by atoms with Crippen LogP contribution in [0.5, 0.6) is 0 Å². The van der Waals surface area contributed by atoms with E-state index in [0.29, 0.717) is 17.5 Å².